The van der Waals surface area contributed by atoms with Crippen LogP contribution in [0.15, 0.2) is 35.3 Å². The van der Waals surface area contributed by atoms with E-state index in [4.69, 9.17) is 0 Å². The molecule has 0 saturated heterocycles. The van der Waals surface area contributed by atoms with E-state index in [0.717, 1.165) is 11.0 Å². The zero-order valence-corrected chi connectivity index (χ0v) is 11.2. The van der Waals surface area contributed by atoms with Gasteiger partial charge in [-0.05, 0) is 12.1 Å². The van der Waals surface area contributed by atoms with E-state index in [-0.39, 0.29) is 0 Å². The molecule has 1 N–H and O–H groups in total. The summed E-state index contributed by atoms with van der Waals surface area (Å²) in [5.41, 5.74) is 2.41. The highest BCUT2D eigenvalue weighted by Crippen LogP contribution is 2.16. The highest BCUT2D eigenvalue weighted by Gasteiger charge is 2.20. The SMILES string of the molecule is C=C(Br)C[n+]1c(C(C)C)[nH]c2ccccc21. The molecule has 16 heavy (non-hydrogen) atoms. The van der Waals surface area contributed by atoms with Crippen molar-refractivity contribution in [1.29, 1.82) is 0 Å². The van der Waals surface area contributed by atoms with Crippen molar-refractivity contribution in [2.45, 2.75) is 26.3 Å². The Morgan fingerprint density at radius 3 is 2.75 bits per heavy atom. The standard InChI is InChI=1S/C13H15BrN2/c1-9(2)13-15-11-6-4-5-7-12(11)16(13)8-10(3)14/h4-7,9H,3,8H2,1-2H3/p+1. The third-order valence-corrected chi connectivity index (χ3v) is 2.88. The summed E-state index contributed by atoms with van der Waals surface area (Å²) in [6.07, 6.45) is 0. The number of allylic oxidation sites excluding steroid dienone is 1. The number of aromatic nitrogens is 2. The molecule has 1 aromatic heterocycles. The number of rotatable bonds is 3. The molecule has 0 aliphatic heterocycles. The quantitative estimate of drug-likeness (QED) is 0.830. The Morgan fingerprint density at radius 1 is 1.44 bits per heavy atom. The third kappa shape index (κ3) is 2.05. The first-order valence-electron chi connectivity index (χ1n) is 5.43. The molecular weight excluding hydrogens is 264 g/mol. The van der Waals surface area contributed by atoms with Crippen LogP contribution in [0.3, 0.4) is 0 Å². The predicted molar refractivity (Wildman–Crippen MR) is 70.6 cm³/mol. The molecule has 0 atom stereocenters. The lowest BCUT2D eigenvalue weighted by molar-refractivity contribution is -0.670. The molecule has 0 bridgehead atoms. The highest BCUT2D eigenvalue weighted by molar-refractivity contribution is 9.11. The second-order valence-corrected chi connectivity index (χ2v) is 5.41. The minimum atomic E-state index is 0.472. The monoisotopic (exact) mass is 279 g/mol. The number of H-pyrrole nitrogens is 1. The van der Waals surface area contributed by atoms with Crippen LogP contribution in [-0.4, -0.2) is 4.98 Å². The number of imidazole rings is 1. The lowest BCUT2D eigenvalue weighted by atomic mass is 10.2. The van der Waals surface area contributed by atoms with Crippen LogP contribution in [-0.2, 0) is 6.54 Å². The molecule has 0 aliphatic carbocycles. The fourth-order valence-electron chi connectivity index (χ4n) is 1.95. The van der Waals surface area contributed by atoms with Crippen molar-refractivity contribution in [1.82, 2.24) is 4.98 Å². The van der Waals surface area contributed by atoms with Crippen LogP contribution in [0.1, 0.15) is 25.6 Å². The Balaban J connectivity index is 2.64. The maximum Gasteiger partial charge on any atom is 0.258 e. The molecule has 0 unspecified atom stereocenters. The molecular formula is C13H16BrN2+. The minimum absolute atomic E-state index is 0.472. The molecule has 1 aromatic carbocycles. The van der Waals surface area contributed by atoms with Crippen molar-refractivity contribution < 1.29 is 4.57 Å². The summed E-state index contributed by atoms with van der Waals surface area (Å²) >= 11 is 3.44. The van der Waals surface area contributed by atoms with Gasteiger partial charge in [-0.25, -0.2) is 9.55 Å². The summed E-state index contributed by atoms with van der Waals surface area (Å²) in [4.78, 5) is 3.47. The van der Waals surface area contributed by atoms with Crippen molar-refractivity contribution in [2.75, 3.05) is 0 Å². The lowest BCUT2D eigenvalue weighted by Crippen LogP contribution is -2.37. The average Bonchev–Trinajstić information content (AvgIpc) is 2.57. The third-order valence-electron chi connectivity index (χ3n) is 2.62. The fraction of sp³-hybridized carbons (Fsp3) is 0.308. The smallest absolute Gasteiger partial charge is 0.241 e. The Labute approximate surface area is 104 Å². The van der Waals surface area contributed by atoms with Crippen molar-refractivity contribution in [3.63, 3.8) is 0 Å². The van der Waals surface area contributed by atoms with Crippen LogP contribution in [0.25, 0.3) is 11.0 Å². The van der Waals surface area contributed by atoms with Gasteiger partial charge in [0.05, 0.1) is 5.92 Å². The molecule has 0 saturated carbocycles. The maximum atomic E-state index is 3.92. The van der Waals surface area contributed by atoms with Gasteiger partial charge in [-0.2, -0.15) is 0 Å². The average molecular weight is 280 g/mol. The van der Waals surface area contributed by atoms with Gasteiger partial charge in [0.1, 0.15) is 6.54 Å². The van der Waals surface area contributed by atoms with Crippen LogP contribution >= 0.6 is 15.9 Å². The van der Waals surface area contributed by atoms with Gasteiger partial charge in [-0.1, -0.05) is 48.5 Å². The molecule has 2 rings (SSSR count). The van der Waals surface area contributed by atoms with Crippen molar-refractivity contribution >= 4 is 27.0 Å². The van der Waals surface area contributed by atoms with E-state index in [1.807, 2.05) is 0 Å². The zero-order chi connectivity index (χ0) is 11.7. The van der Waals surface area contributed by atoms with Crippen LogP contribution in [0.2, 0.25) is 0 Å². The predicted octanol–water partition coefficient (Wildman–Crippen LogP) is 3.49. The van der Waals surface area contributed by atoms with Crippen molar-refractivity contribution in [2.24, 2.45) is 0 Å². The Morgan fingerprint density at radius 2 is 2.12 bits per heavy atom. The summed E-state index contributed by atoms with van der Waals surface area (Å²) in [5, 5.41) is 0. The molecule has 2 aromatic rings. The normalized spacial score (nSPS) is 11.2. The molecule has 1 heterocycles. The number of halogens is 1. The van der Waals surface area contributed by atoms with Gasteiger partial charge >= 0.3 is 0 Å². The summed E-state index contributed by atoms with van der Waals surface area (Å²) in [7, 11) is 0. The number of fused-ring (bicyclic) bond motifs is 1. The first-order chi connectivity index (χ1) is 7.59. The second kappa shape index (κ2) is 4.42. The molecule has 0 radical (unpaired) electrons. The van der Waals surface area contributed by atoms with E-state index in [0.29, 0.717) is 5.92 Å². The topological polar surface area (TPSA) is 19.7 Å². The highest BCUT2D eigenvalue weighted by atomic mass is 79.9. The zero-order valence-electron chi connectivity index (χ0n) is 9.63. The first kappa shape index (κ1) is 11.4. The van der Waals surface area contributed by atoms with Gasteiger partial charge < -0.3 is 0 Å². The van der Waals surface area contributed by atoms with Crippen LogP contribution in [0.4, 0.5) is 0 Å². The number of hydrogen-bond donors (Lipinski definition) is 1. The lowest BCUT2D eigenvalue weighted by Gasteiger charge is -2.02. The fourth-order valence-corrected chi connectivity index (χ4v) is 2.20. The molecule has 0 amide bonds. The van der Waals surface area contributed by atoms with Crippen molar-refractivity contribution in [3.8, 4) is 0 Å². The minimum Gasteiger partial charge on any atom is -0.241 e. The number of benzene rings is 1. The molecule has 3 heteroatoms. The molecule has 0 spiro atoms. The second-order valence-electron chi connectivity index (χ2n) is 4.29. The van der Waals surface area contributed by atoms with Crippen molar-refractivity contribution in [3.05, 3.63) is 41.2 Å². The molecule has 0 aliphatic rings. The van der Waals surface area contributed by atoms with E-state index in [2.05, 4.69) is 70.2 Å². The number of nitrogens with zero attached hydrogens (tertiary/aromatic N) is 1. The summed E-state index contributed by atoms with van der Waals surface area (Å²) in [6, 6.07) is 8.35. The summed E-state index contributed by atoms with van der Waals surface area (Å²) < 4.78 is 3.26. The van der Waals surface area contributed by atoms with Gasteiger partial charge in [0.2, 0.25) is 0 Å². The van der Waals surface area contributed by atoms with Crippen LogP contribution in [0, 0.1) is 0 Å². The Bertz CT molecular complexity index is 526. The summed E-state index contributed by atoms with van der Waals surface area (Å²) in [6.45, 7) is 9.11. The Hall–Kier alpha value is -1.09. The van der Waals surface area contributed by atoms with Gasteiger partial charge in [0, 0.05) is 4.48 Å². The van der Waals surface area contributed by atoms with E-state index < -0.39 is 0 Å². The van der Waals surface area contributed by atoms with Gasteiger partial charge in [0.15, 0.2) is 11.0 Å². The first-order valence-corrected chi connectivity index (χ1v) is 6.22. The largest absolute Gasteiger partial charge is 0.258 e. The Kier molecular flexibility index (Phi) is 3.15. The number of hydrogen-bond acceptors (Lipinski definition) is 0. The number of nitrogens with one attached hydrogen (secondary N) is 1. The van der Waals surface area contributed by atoms with Gasteiger partial charge in [-0.3, -0.25) is 0 Å². The molecule has 84 valence electrons. The molecule has 0 fully saturated rings. The maximum absolute atomic E-state index is 3.92. The van der Waals surface area contributed by atoms with Crippen LogP contribution in [0.5, 0.6) is 0 Å². The van der Waals surface area contributed by atoms with E-state index in [1.54, 1.807) is 0 Å². The van der Waals surface area contributed by atoms with E-state index in [1.165, 1.54) is 16.9 Å². The summed E-state index contributed by atoms with van der Waals surface area (Å²) in [5.74, 6) is 1.71. The van der Waals surface area contributed by atoms with Gasteiger partial charge in [0.25, 0.3) is 5.82 Å². The van der Waals surface area contributed by atoms with E-state index >= 15 is 0 Å². The number of para-hydroxylation sites is 2. The van der Waals surface area contributed by atoms with E-state index in [9.17, 15) is 0 Å². The van der Waals surface area contributed by atoms with Crippen LogP contribution < -0.4 is 4.57 Å². The number of aromatic amines is 1. The van der Waals surface area contributed by atoms with Gasteiger partial charge in [-0.15, -0.1) is 0 Å². The molecule has 2 nitrogen and oxygen atoms in total.